The van der Waals surface area contributed by atoms with Crippen LogP contribution in [0.3, 0.4) is 0 Å². The fourth-order valence-electron chi connectivity index (χ4n) is 5.15. The average molecular weight is 553 g/mol. The molecule has 12 heteroatoms. The van der Waals surface area contributed by atoms with E-state index in [-0.39, 0.29) is 31.5 Å². The maximum absolute atomic E-state index is 15.1. The minimum Gasteiger partial charge on any atom is -0.442 e. The fraction of sp³-hybridized carbons (Fsp3) is 0.393. The monoisotopic (exact) mass is 552 g/mol. The fourth-order valence-corrected chi connectivity index (χ4v) is 5.15. The van der Waals surface area contributed by atoms with Gasteiger partial charge in [-0.15, -0.1) is 0 Å². The Bertz CT molecular complexity index is 1390. The van der Waals surface area contributed by atoms with Crippen LogP contribution in [0.1, 0.15) is 5.56 Å². The molecule has 1 aromatic heterocycles. The molecule has 2 atom stereocenters. The van der Waals surface area contributed by atoms with Gasteiger partial charge in [0.2, 0.25) is 11.8 Å². The molecule has 2 fully saturated rings. The molecule has 0 saturated carbocycles. The molecule has 0 aliphatic carbocycles. The highest BCUT2D eigenvalue weighted by Gasteiger charge is 2.33. The molecule has 0 spiro atoms. The number of aromatic nitrogens is 1. The van der Waals surface area contributed by atoms with Gasteiger partial charge in [0.1, 0.15) is 18.5 Å². The summed E-state index contributed by atoms with van der Waals surface area (Å²) in [6.07, 6.45) is 0.996. The number of nitrogens with two attached hydrogens (primary N) is 1. The van der Waals surface area contributed by atoms with Crippen LogP contribution in [0.2, 0.25) is 0 Å². The van der Waals surface area contributed by atoms with Gasteiger partial charge in [-0.05, 0) is 36.2 Å². The van der Waals surface area contributed by atoms with Crippen LogP contribution in [0.4, 0.5) is 20.6 Å². The highest BCUT2D eigenvalue weighted by atomic mass is 19.1. The lowest BCUT2D eigenvalue weighted by Gasteiger charge is -2.36. The summed E-state index contributed by atoms with van der Waals surface area (Å²) in [6.45, 7) is 2.20. The zero-order chi connectivity index (χ0) is 28.2. The molecule has 3 amide bonds. The SMILES string of the molecule is COCC(=O)N1CCN(c2ccc(N3C[C@H](CNC(=O)C(N)Cc4c[nH]c5ccccc45)OC3=O)cc2F)CC1. The molecule has 0 bridgehead atoms. The molecular weight excluding hydrogens is 519 g/mol. The van der Waals surface area contributed by atoms with Crippen molar-refractivity contribution in [3.05, 3.63) is 60.0 Å². The number of benzene rings is 2. The van der Waals surface area contributed by atoms with Crippen molar-refractivity contribution in [1.29, 1.82) is 0 Å². The third-order valence-electron chi connectivity index (χ3n) is 7.31. The Labute approximate surface area is 231 Å². The predicted octanol–water partition coefficient (Wildman–Crippen LogP) is 1.61. The van der Waals surface area contributed by atoms with E-state index in [1.54, 1.807) is 17.0 Å². The van der Waals surface area contributed by atoms with Gasteiger partial charge < -0.3 is 35.3 Å². The van der Waals surface area contributed by atoms with Crippen molar-refractivity contribution in [2.24, 2.45) is 5.73 Å². The number of carbonyl (C=O) groups is 3. The van der Waals surface area contributed by atoms with E-state index in [2.05, 4.69) is 10.3 Å². The molecule has 3 aromatic rings. The first-order valence-corrected chi connectivity index (χ1v) is 13.2. The van der Waals surface area contributed by atoms with Crippen molar-refractivity contribution in [1.82, 2.24) is 15.2 Å². The quantitative estimate of drug-likeness (QED) is 0.367. The van der Waals surface area contributed by atoms with Crippen LogP contribution in [0, 0.1) is 5.82 Å². The second-order valence-electron chi connectivity index (χ2n) is 9.97. The first-order valence-electron chi connectivity index (χ1n) is 13.2. The molecule has 3 heterocycles. The summed E-state index contributed by atoms with van der Waals surface area (Å²) in [7, 11) is 1.47. The Morgan fingerprint density at radius 3 is 2.73 bits per heavy atom. The summed E-state index contributed by atoms with van der Waals surface area (Å²) in [5, 5.41) is 3.78. The van der Waals surface area contributed by atoms with Crippen molar-refractivity contribution < 1.29 is 28.2 Å². The second kappa shape index (κ2) is 11.9. The summed E-state index contributed by atoms with van der Waals surface area (Å²) < 4.78 is 25.4. The van der Waals surface area contributed by atoms with E-state index in [0.717, 1.165) is 16.5 Å². The summed E-state index contributed by atoms with van der Waals surface area (Å²) in [5.74, 6) is -0.909. The van der Waals surface area contributed by atoms with Gasteiger partial charge in [-0.3, -0.25) is 14.5 Å². The van der Waals surface area contributed by atoms with E-state index in [4.69, 9.17) is 15.2 Å². The molecule has 4 N–H and O–H groups in total. The molecule has 2 aliphatic rings. The molecule has 2 aromatic carbocycles. The molecule has 0 radical (unpaired) electrons. The molecule has 212 valence electrons. The number of hydrogen-bond acceptors (Lipinski definition) is 7. The molecule has 2 aliphatic heterocycles. The van der Waals surface area contributed by atoms with Gasteiger partial charge in [-0.2, -0.15) is 0 Å². The normalized spacial score (nSPS) is 18.2. The first kappa shape index (κ1) is 27.4. The smallest absolute Gasteiger partial charge is 0.414 e. The maximum atomic E-state index is 15.1. The number of amides is 3. The van der Waals surface area contributed by atoms with E-state index in [1.807, 2.05) is 35.4 Å². The third-order valence-corrected chi connectivity index (χ3v) is 7.31. The number of aromatic amines is 1. The minimum absolute atomic E-state index is 0.0253. The molecule has 40 heavy (non-hydrogen) atoms. The van der Waals surface area contributed by atoms with Crippen LogP contribution in [0.5, 0.6) is 0 Å². The number of ether oxygens (including phenoxy) is 2. The Balaban J connectivity index is 1.13. The Hall–Kier alpha value is -4.16. The van der Waals surface area contributed by atoms with Crippen LogP contribution in [0.15, 0.2) is 48.7 Å². The van der Waals surface area contributed by atoms with Gasteiger partial charge in [0.15, 0.2) is 0 Å². The van der Waals surface area contributed by atoms with E-state index >= 15 is 4.39 Å². The van der Waals surface area contributed by atoms with Gasteiger partial charge in [-0.25, -0.2) is 9.18 Å². The van der Waals surface area contributed by atoms with E-state index in [0.29, 0.717) is 44.0 Å². The van der Waals surface area contributed by atoms with Crippen molar-refractivity contribution in [2.45, 2.75) is 18.6 Å². The Kier molecular flexibility index (Phi) is 8.17. The van der Waals surface area contributed by atoms with Crippen LogP contribution < -0.4 is 20.9 Å². The number of para-hydroxylation sites is 1. The van der Waals surface area contributed by atoms with Gasteiger partial charge in [0.25, 0.3) is 0 Å². The first-order chi connectivity index (χ1) is 19.3. The average Bonchev–Trinajstić information content (AvgIpc) is 3.54. The van der Waals surface area contributed by atoms with Gasteiger partial charge in [0, 0.05) is 50.4 Å². The molecule has 5 rings (SSSR count). The van der Waals surface area contributed by atoms with E-state index in [9.17, 15) is 14.4 Å². The van der Waals surface area contributed by atoms with Crippen molar-refractivity contribution in [3.63, 3.8) is 0 Å². The largest absolute Gasteiger partial charge is 0.442 e. The van der Waals surface area contributed by atoms with Gasteiger partial charge >= 0.3 is 6.09 Å². The number of nitrogens with one attached hydrogen (secondary N) is 2. The summed E-state index contributed by atoms with van der Waals surface area (Å²) in [4.78, 5) is 45.3. The maximum Gasteiger partial charge on any atom is 0.414 e. The lowest BCUT2D eigenvalue weighted by atomic mass is 10.1. The number of cyclic esters (lactones) is 1. The van der Waals surface area contributed by atoms with Crippen LogP contribution in [-0.2, 0) is 25.5 Å². The van der Waals surface area contributed by atoms with Gasteiger partial charge in [-0.1, -0.05) is 18.2 Å². The van der Waals surface area contributed by atoms with Crippen molar-refractivity contribution >= 4 is 40.2 Å². The number of carbonyl (C=O) groups excluding carboxylic acids is 3. The summed E-state index contributed by atoms with van der Waals surface area (Å²) in [6, 6.07) is 11.6. The lowest BCUT2D eigenvalue weighted by Crippen LogP contribution is -2.50. The van der Waals surface area contributed by atoms with E-state index in [1.165, 1.54) is 18.1 Å². The highest BCUT2D eigenvalue weighted by molar-refractivity contribution is 5.90. The zero-order valence-electron chi connectivity index (χ0n) is 22.3. The number of halogens is 1. The Morgan fingerprint density at radius 1 is 1.20 bits per heavy atom. The number of anilines is 2. The molecule has 1 unspecified atom stereocenters. The standard InChI is InChI=1S/C28H33FN6O5/c1-39-17-26(36)34-10-8-33(9-11-34)25-7-6-19(13-22(25)29)35-16-20(40-28(35)38)15-32-27(37)23(30)12-18-14-31-24-5-3-2-4-21(18)24/h2-7,13-14,20,23,31H,8-12,15-17,30H2,1H3,(H,32,37)/t20-,23?/m0/s1. The van der Waals surface area contributed by atoms with Crippen molar-refractivity contribution in [2.75, 3.05) is 62.8 Å². The van der Waals surface area contributed by atoms with Crippen LogP contribution >= 0.6 is 0 Å². The molecular formula is C28H33FN6O5. The second-order valence-corrected chi connectivity index (χ2v) is 9.97. The highest BCUT2D eigenvalue weighted by Crippen LogP contribution is 2.28. The zero-order valence-corrected chi connectivity index (χ0v) is 22.3. The molecule has 2 saturated heterocycles. The topological polar surface area (TPSA) is 133 Å². The number of fused-ring (bicyclic) bond motifs is 1. The minimum atomic E-state index is -0.769. The van der Waals surface area contributed by atoms with Gasteiger partial charge in [0.05, 0.1) is 30.5 Å². The lowest BCUT2D eigenvalue weighted by molar-refractivity contribution is -0.135. The van der Waals surface area contributed by atoms with Crippen LogP contribution in [-0.4, -0.2) is 92.9 Å². The third kappa shape index (κ3) is 5.87. The number of methoxy groups -OCH3 is 1. The summed E-state index contributed by atoms with van der Waals surface area (Å²) >= 11 is 0. The molecule has 11 nitrogen and oxygen atoms in total. The number of H-pyrrole nitrogens is 1. The summed E-state index contributed by atoms with van der Waals surface area (Å²) in [5.41, 5.74) is 8.84. The van der Waals surface area contributed by atoms with Crippen molar-refractivity contribution in [3.8, 4) is 0 Å². The number of rotatable bonds is 9. The number of hydrogen-bond donors (Lipinski definition) is 3. The van der Waals surface area contributed by atoms with E-state index < -0.39 is 24.1 Å². The predicted molar refractivity (Wildman–Crippen MR) is 148 cm³/mol. The van der Waals surface area contributed by atoms with Crippen LogP contribution in [0.25, 0.3) is 10.9 Å². The Morgan fingerprint density at radius 2 is 1.98 bits per heavy atom. The number of nitrogens with zero attached hydrogens (tertiary/aromatic N) is 3. The number of piperazine rings is 1.